The summed E-state index contributed by atoms with van der Waals surface area (Å²) in [4.78, 5) is 13.9. The van der Waals surface area contributed by atoms with Crippen molar-refractivity contribution in [2.24, 2.45) is 39.4 Å². The van der Waals surface area contributed by atoms with Crippen LogP contribution in [0.1, 0.15) is 106 Å². The molecule has 35 heavy (non-hydrogen) atoms. The van der Waals surface area contributed by atoms with Crippen molar-refractivity contribution in [3.05, 3.63) is 11.6 Å². The summed E-state index contributed by atoms with van der Waals surface area (Å²) in [6, 6.07) is 0. The molecule has 4 fully saturated rings. The Bertz CT molecular complexity index is 939. The molecule has 5 aliphatic rings. The Kier molecular flexibility index (Phi) is 5.56. The van der Waals surface area contributed by atoms with Gasteiger partial charge in [0.25, 0.3) is 0 Å². The molecule has 1 saturated heterocycles. The third kappa shape index (κ3) is 2.84. The minimum atomic E-state index is -1.38. The summed E-state index contributed by atoms with van der Waals surface area (Å²) in [5.41, 5.74) is -3.32. The van der Waals surface area contributed by atoms with Gasteiger partial charge >= 0.3 is 5.97 Å². The average Bonchev–Trinajstić information content (AvgIpc) is 3.11. The van der Waals surface area contributed by atoms with Crippen LogP contribution in [-0.2, 0) is 9.53 Å². The van der Waals surface area contributed by atoms with Crippen LogP contribution < -0.4 is 0 Å². The van der Waals surface area contributed by atoms with E-state index in [2.05, 4.69) is 41.5 Å². The summed E-state index contributed by atoms with van der Waals surface area (Å²) < 4.78 is 6.14. The highest BCUT2D eigenvalue weighted by atomic mass is 16.6. The van der Waals surface area contributed by atoms with Gasteiger partial charge in [-0.15, -0.1) is 0 Å². The van der Waals surface area contributed by atoms with Gasteiger partial charge in [0.05, 0.1) is 12.2 Å². The van der Waals surface area contributed by atoms with E-state index in [1.54, 1.807) is 0 Å². The summed E-state index contributed by atoms with van der Waals surface area (Å²) in [7, 11) is 0. The van der Waals surface area contributed by atoms with Gasteiger partial charge in [0.1, 0.15) is 16.6 Å². The molecule has 1 aliphatic heterocycles. The molecular formula is C30H48O5. The number of hydrogen-bond acceptors (Lipinski definition) is 5. The Balaban J connectivity index is 1.59. The van der Waals surface area contributed by atoms with Crippen molar-refractivity contribution in [1.82, 2.24) is 0 Å². The Morgan fingerprint density at radius 3 is 2.37 bits per heavy atom. The van der Waals surface area contributed by atoms with Crippen molar-refractivity contribution >= 4 is 5.97 Å². The van der Waals surface area contributed by atoms with Crippen molar-refractivity contribution in [2.45, 2.75) is 130 Å². The standard InChI is InChI=1S/C30H48O5/c1-18(2)9-8-13-28(7)29(34)16-15-27(6)19-10-11-21-25(3,4)22(31)12-14-26(21,5)20(19)17-23(32)30(27,29)24(33)35-28/h17-19,21-23,31-32,34H,8-16H2,1-7H3/t19-,21+,22+,23+,26-,27+,28+,29+,30-/m1/s1. The zero-order valence-corrected chi connectivity index (χ0v) is 23.0. The molecule has 0 bridgehead atoms. The maximum atomic E-state index is 13.9. The highest BCUT2D eigenvalue weighted by Crippen LogP contribution is 2.77. The maximum absolute atomic E-state index is 13.9. The minimum absolute atomic E-state index is 0.123. The Morgan fingerprint density at radius 1 is 1.03 bits per heavy atom. The van der Waals surface area contributed by atoms with Crippen LogP contribution in [0, 0.1) is 39.4 Å². The first-order chi connectivity index (χ1) is 16.1. The van der Waals surface area contributed by atoms with Gasteiger partial charge in [-0.1, -0.05) is 59.6 Å². The van der Waals surface area contributed by atoms with E-state index < -0.39 is 34.1 Å². The summed E-state index contributed by atoms with van der Waals surface area (Å²) >= 11 is 0. The fraction of sp³-hybridized carbons (Fsp3) is 0.900. The lowest BCUT2D eigenvalue weighted by Crippen LogP contribution is -2.68. The number of hydrogen-bond donors (Lipinski definition) is 3. The number of fused-ring (bicyclic) bond motifs is 4. The maximum Gasteiger partial charge on any atom is 0.319 e. The number of esters is 1. The van der Waals surface area contributed by atoms with Crippen LogP contribution in [0.15, 0.2) is 11.6 Å². The Morgan fingerprint density at radius 2 is 1.71 bits per heavy atom. The molecule has 9 atom stereocenters. The first-order valence-corrected chi connectivity index (χ1v) is 14.2. The highest BCUT2D eigenvalue weighted by Gasteiger charge is 2.85. The first kappa shape index (κ1) is 25.7. The van der Waals surface area contributed by atoms with Crippen LogP contribution in [0.3, 0.4) is 0 Å². The fourth-order valence-corrected chi connectivity index (χ4v) is 10.2. The summed E-state index contributed by atoms with van der Waals surface area (Å²) in [6.45, 7) is 15.1. The summed E-state index contributed by atoms with van der Waals surface area (Å²) in [5.74, 6) is 0.593. The SMILES string of the molecule is CC(C)CCC[C@]1(C)OC(=O)[C@]23[C@@H](O)C=C4[C@@H](CC[C@H]5C(C)(C)[C@@H](O)CC[C@]45C)[C@]2(C)CC[C@@]31O. The number of rotatable bonds is 4. The molecule has 0 aromatic rings. The molecule has 5 rings (SSSR count). The molecule has 0 amide bonds. The van der Waals surface area contributed by atoms with Crippen LogP contribution in [0.4, 0.5) is 0 Å². The number of aliphatic hydroxyl groups is 3. The van der Waals surface area contributed by atoms with E-state index in [4.69, 9.17) is 4.74 Å². The molecule has 198 valence electrons. The summed E-state index contributed by atoms with van der Waals surface area (Å²) in [6.07, 6.45) is 7.83. The minimum Gasteiger partial charge on any atom is -0.456 e. The second-order valence-corrected chi connectivity index (χ2v) is 14.5. The predicted molar refractivity (Wildman–Crippen MR) is 135 cm³/mol. The number of cyclic esters (lactones) is 1. The van der Waals surface area contributed by atoms with E-state index in [0.29, 0.717) is 31.1 Å². The van der Waals surface area contributed by atoms with Gasteiger partial charge in [0.15, 0.2) is 0 Å². The monoisotopic (exact) mass is 488 g/mol. The number of carbonyl (C=O) groups excluding carboxylic acids is 1. The molecule has 1 spiro atoms. The molecule has 0 unspecified atom stereocenters. The van der Waals surface area contributed by atoms with E-state index in [1.165, 1.54) is 5.57 Å². The van der Waals surface area contributed by atoms with Crippen LogP contribution >= 0.6 is 0 Å². The second-order valence-electron chi connectivity index (χ2n) is 14.5. The predicted octanol–water partition coefficient (Wildman–Crippen LogP) is 5.16. The van der Waals surface area contributed by atoms with Crippen LogP contribution in [0.2, 0.25) is 0 Å². The fourth-order valence-electron chi connectivity index (χ4n) is 10.2. The van der Waals surface area contributed by atoms with Gasteiger partial charge in [0, 0.05) is 0 Å². The molecule has 1 heterocycles. The number of allylic oxidation sites excluding steroid dienone is 1. The number of aliphatic hydroxyl groups excluding tert-OH is 2. The molecular weight excluding hydrogens is 440 g/mol. The van der Waals surface area contributed by atoms with Gasteiger partial charge in [-0.3, -0.25) is 4.79 Å². The molecule has 4 aliphatic carbocycles. The van der Waals surface area contributed by atoms with Crippen LogP contribution in [-0.4, -0.2) is 44.7 Å². The van der Waals surface area contributed by atoms with Gasteiger partial charge in [-0.2, -0.15) is 0 Å². The number of carbonyl (C=O) groups is 1. The van der Waals surface area contributed by atoms with E-state index >= 15 is 0 Å². The summed E-state index contributed by atoms with van der Waals surface area (Å²) in [5, 5.41) is 35.2. The van der Waals surface area contributed by atoms with Crippen LogP contribution in [0.25, 0.3) is 0 Å². The lowest BCUT2D eigenvalue weighted by molar-refractivity contribution is -0.188. The van der Waals surface area contributed by atoms with Crippen LogP contribution in [0.5, 0.6) is 0 Å². The first-order valence-electron chi connectivity index (χ1n) is 14.2. The molecule has 0 radical (unpaired) electrons. The van der Waals surface area contributed by atoms with E-state index in [9.17, 15) is 20.1 Å². The van der Waals surface area contributed by atoms with Crippen molar-refractivity contribution in [3.63, 3.8) is 0 Å². The lowest BCUT2D eigenvalue weighted by Gasteiger charge is -2.64. The Labute approximate surface area is 211 Å². The Hall–Kier alpha value is -0.910. The molecule has 5 nitrogen and oxygen atoms in total. The largest absolute Gasteiger partial charge is 0.456 e. The third-order valence-corrected chi connectivity index (χ3v) is 12.3. The normalized spacial score (nSPS) is 52.3. The van der Waals surface area contributed by atoms with E-state index in [1.807, 2.05) is 13.0 Å². The average molecular weight is 489 g/mol. The zero-order valence-electron chi connectivity index (χ0n) is 23.0. The van der Waals surface area contributed by atoms with Gasteiger partial charge in [-0.05, 0) is 92.3 Å². The van der Waals surface area contributed by atoms with Gasteiger partial charge in [0.2, 0.25) is 0 Å². The van der Waals surface area contributed by atoms with E-state index in [0.717, 1.165) is 38.5 Å². The van der Waals surface area contributed by atoms with Crippen molar-refractivity contribution in [2.75, 3.05) is 0 Å². The molecule has 3 saturated carbocycles. The second kappa shape index (κ2) is 7.57. The highest BCUT2D eigenvalue weighted by molar-refractivity contribution is 5.86. The van der Waals surface area contributed by atoms with Crippen molar-refractivity contribution in [3.8, 4) is 0 Å². The lowest BCUT2D eigenvalue weighted by atomic mass is 9.40. The van der Waals surface area contributed by atoms with Crippen molar-refractivity contribution < 1.29 is 24.9 Å². The third-order valence-electron chi connectivity index (χ3n) is 12.3. The number of ether oxygens (including phenoxy) is 1. The van der Waals surface area contributed by atoms with Gasteiger partial charge in [-0.25, -0.2) is 0 Å². The van der Waals surface area contributed by atoms with Gasteiger partial charge < -0.3 is 20.1 Å². The molecule has 3 N–H and O–H groups in total. The molecule has 0 aromatic carbocycles. The molecule has 0 aromatic heterocycles. The van der Waals surface area contributed by atoms with E-state index in [-0.39, 0.29) is 22.9 Å². The zero-order chi connectivity index (χ0) is 25.8. The molecule has 5 heteroatoms. The van der Waals surface area contributed by atoms with Crippen molar-refractivity contribution in [1.29, 1.82) is 0 Å². The topological polar surface area (TPSA) is 87.0 Å². The quantitative estimate of drug-likeness (QED) is 0.376. The smallest absolute Gasteiger partial charge is 0.319 e.